The molecule has 0 radical (unpaired) electrons. The Balaban J connectivity index is 1.37. The molecule has 2 heterocycles. The van der Waals surface area contributed by atoms with Gasteiger partial charge in [0.15, 0.2) is 17.4 Å². The maximum absolute atomic E-state index is 14.4. The average Bonchev–Trinajstić information content (AvgIpc) is 3.22. The first kappa shape index (κ1) is 19.5. The lowest BCUT2D eigenvalue weighted by Gasteiger charge is -2.41. The Kier molecular flexibility index (Phi) is 4.61. The molecule has 5 rings (SSSR count). The maximum Gasteiger partial charge on any atom is 0.195 e. The zero-order valence-corrected chi connectivity index (χ0v) is 17.1. The number of fused-ring (bicyclic) bond motifs is 1. The molecule has 158 valence electrons. The standard InChI is InChI=1S/C24H22F2N4O/c1-24(16-5-3-2-4-6-16)11-13-29(14-12-24)17-7-9-18(10-8-17)30-22-20(27-28-30)15-19(25)23(31)21(22)26/h2-10,15,31H,11-14H2,1H3. The zero-order chi connectivity index (χ0) is 21.6. The number of nitrogens with zero attached hydrogens (tertiary/aromatic N) is 4. The summed E-state index contributed by atoms with van der Waals surface area (Å²) >= 11 is 0. The van der Waals surface area contributed by atoms with Crippen molar-refractivity contribution in [2.24, 2.45) is 0 Å². The van der Waals surface area contributed by atoms with Crippen LogP contribution in [0.4, 0.5) is 14.5 Å². The second kappa shape index (κ2) is 7.34. The molecule has 0 bridgehead atoms. The summed E-state index contributed by atoms with van der Waals surface area (Å²) in [7, 11) is 0. The molecule has 5 nitrogen and oxygen atoms in total. The Morgan fingerprint density at radius 2 is 1.58 bits per heavy atom. The molecule has 0 atom stereocenters. The first-order chi connectivity index (χ1) is 15.0. The zero-order valence-electron chi connectivity index (χ0n) is 17.1. The smallest absolute Gasteiger partial charge is 0.195 e. The van der Waals surface area contributed by atoms with Gasteiger partial charge in [0.1, 0.15) is 11.0 Å². The molecule has 0 unspecified atom stereocenters. The van der Waals surface area contributed by atoms with E-state index >= 15 is 0 Å². The number of hydrogen-bond donors (Lipinski definition) is 1. The van der Waals surface area contributed by atoms with Crippen molar-refractivity contribution < 1.29 is 13.9 Å². The van der Waals surface area contributed by atoms with Gasteiger partial charge in [-0.2, -0.15) is 0 Å². The number of piperidine rings is 1. The van der Waals surface area contributed by atoms with Crippen LogP contribution in [0.1, 0.15) is 25.3 Å². The fourth-order valence-corrected chi connectivity index (χ4v) is 4.37. The first-order valence-electron chi connectivity index (χ1n) is 10.3. The largest absolute Gasteiger partial charge is 0.503 e. The number of halogens is 2. The summed E-state index contributed by atoms with van der Waals surface area (Å²) in [6.45, 7) is 4.21. The summed E-state index contributed by atoms with van der Waals surface area (Å²) in [4.78, 5) is 2.34. The summed E-state index contributed by atoms with van der Waals surface area (Å²) in [5, 5.41) is 17.4. The van der Waals surface area contributed by atoms with Crippen molar-refractivity contribution in [2.75, 3.05) is 18.0 Å². The van der Waals surface area contributed by atoms with Crippen LogP contribution >= 0.6 is 0 Å². The van der Waals surface area contributed by atoms with Gasteiger partial charge in [-0.1, -0.05) is 42.5 Å². The van der Waals surface area contributed by atoms with E-state index in [2.05, 4.69) is 46.4 Å². The molecule has 1 aromatic heterocycles. The second-order valence-electron chi connectivity index (χ2n) is 8.32. The number of anilines is 1. The molecule has 3 aromatic carbocycles. The van der Waals surface area contributed by atoms with Crippen LogP contribution in [-0.4, -0.2) is 33.2 Å². The lowest BCUT2D eigenvalue weighted by Crippen LogP contribution is -2.41. The van der Waals surface area contributed by atoms with Crippen LogP contribution in [0.25, 0.3) is 16.7 Å². The van der Waals surface area contributed by atoms with E-state index in [1.54, 1.807) is 0 Å². The minimum atomic E-state index is -1.07. The molecule has 31 heavy (non-hydrogen) atoms. The van der Waals surface area contributed by atoms with Gasteiger partial charge >= 0.3 is 0 Å². The summed E-state index contributed by atoms with van der Waals surface area (Å²) in [5.74, 6) is -3.15. The summed E-state index contributed by atoms with van der Waals surface area (Å²) in [5.41, 5.74) is 3.22. The van der Waals surface area contributed by atoms with Crippen molar-refractivity contribution in [1.82, 2.24) is 15.0 Å². The van der Waals surface area contributed by atoms with Gasteiger partial charge in [0.25, 0.3) is 0 Å². The molecule has 0 aliphatic carbocycles. The lowest BCUT2D eigenvalue weighted by atomic mass is 9.74. The van der Waals surface area contributed by atoms with Crippen LogP contribution in [0.3, 0.4) is 0 Å². The van der Waals surface area contributed by atoms with Crippen LogP contribution in [0.5, 0.6) is 5.75 Å². The maximum atomic E-state index is 14.4. The molecule has 4 aromatic rings. The van der Waals surface area contributed by atoms with Crippen molar-refractivity contribution in [3.05, 3.63) is 77.9 Å². The summed E-state index contributed by atoms with van der Waals surface area (Å²) in [6.07, 6.45) is 2.12. The number of aromatic nitrogens is 3. The quantitative estimate of drug-likeness (QED) is 0.509. The van der Waals surface area contributed by atoms with E-state index in [-0.39, 0.29) is 16.4 Å². The van der Waals surface area contributed by atoms with Crippen molar-refractivity contribution >= 4 is 16.7 Å². The van der Waals surface area contributed by atoms with Gasteiger partial charge in [-0.3, -0.25) is 0 Å². The van der Waals surface area contributed by atoms with E-state index in [9.17, 15) is 13.9 Å². The third-order valence-electron chi connectivity index (χ3n) is 6.40. The van der Waals surface area contributed by atoms with Crippen LogP contribution in [0.2, 0.25) is 0 Å². The highest BCUT2D eigenvalue weighted by atomic mass is 19.1. The SMILES string of the molecule is CC1(c2ccccc2)CCN(c2ccc(-n3nnc4cc(F)c(O)c(F)c43)cc2)CC1. The highest BCUT2D eigenvalue weighted by Crippen LogP contribution is 2.36. The van der Waals surface area contributed by atoms with E-state index < -0.39 is 17.4 Å². The Morgan fingerprint density at radius 1 is 0.935 bits per heavy atom. The topological polar surface area (TPSA) is 54.2 Å². The Labute approximate surface area is 178 Å². The minimum Gasteiger partial charge on any atom is -0.503 e. The number of hydrogen-bond acceptors (Lipinski definition) is 4. The highest BCUT2D eigenvalue weighted by Gasteiger charge is 2.31. The highest BCUT2D eigenvalue weighted by molar-refractivity contribution is 5.79. The van der Waals surface area contributed by atoms with Gasteiger partial charge < -0.3 is 10.0 Å². The molecule has 1 aliphatic heterocycles. The molecule has 0 saturated carbocycles. The minimum absolute atomic E-state index is 0.0492. The Morgan fingerprint density at radius 3 is 2.26 bits per heavy atom. The lowest BCUT2D eigenvalue weighted by molar-refractivity contribution is 0.362. The fraction of sp³-hybridized carbons (Fsp3) is 0.250. The van der Waals surface area contributed by atoms with Crippen molar-refractivity contribution in [3.8, 4) is 11.4 Å². The first-order valence-corrected chi connectivity index (χ1v) is 10.3. The van der Waals surface area contributed by atoms with Crippen LogP contribution in [0.15, 0.2) is 60.7 Å². The average molecular weight is 420 g/mol. The number of phenolic OH excluding ortho intramolecular Hbond substituents is 1. The Bertz CT molecular complexity index is 1230. The number of aromatic hydroxyl groups is 1. The van der Waals surface area contributed by atoms with E-state index in [1.165, 1.54) is 10.2 Å². The molecule has 7 heteroatoms. The van der Waals surface area contributed by atoms with Crippen molar-refractivity contribution in [1.29, 1.82) is 0 Å². The van der Waals surface area contributed by atoms with Crippen LogP contribution in [0, 0.1) is 11.6 Å². The number of phenols is 1. The normalized spacial score (nSPS) is 16.0. The van der Waals surface area contributed by atoms with Crippen LogP contribution < -0.4 is 4.90 Å². The fourth-order valence-electron chi connectivity index (χ4n) is 4.37. The molecule has 1 fully saturated rings. The molecular formula is C24H22F2N4O. The molecule has 1 N–H and O–H groups in total. The van der Waals surface area contributed by atoms with E-state index in [4.69, 9.17) is 0 Å². The molecular weight excluding hydrogens is 398 g/mol. The van der Waals surface area contributed by atoms with E-state index in [1.807, 2.05) is 30.3 Å². The third kappa shape index (κ3) is 3.30. The molecule has 0 spiro atoms. The van der Waals surface area contributed by atoms with Gasteiger partial charge in [-0.25, -0.2) is 13.5 Å². The van der Waals surface area contributed by atoms with Crippen LogP contribution in [-0.2, 0) is 5.41 Å². The monoisotopic (exact) mass is 420 g/mol. The van der Waals surface area contributed by atoms with Gasteiger partial charge in [-0.05, 0) is 48.1 Å². The predicted octanol–water partition coefficient (Wildman–Crippen LogP) is 4.96. The van der Waals surface area contributed by atoms with Gasteiger partial charge in [0, 0.05) is 24.8 Å². The number of rotatable bonds is 3. The van der Waals surface area contributed by atoms with E-state index in [0.29, 0.717) is 5.69 Å². The van der Waals surface area contributed by atoms with Crippen molar-refractivity contribution in [3.63, 3.8) is 0 Å². The summed E-state index contributed by atoms with van der Waals surface area (Å²) < 4.78 is 29.3. The predicted molar refractivity (Wildman–Crippen MR) is 116 cm³/mol. The van der Waals surface area contributed by atoms with E-state index in [0.717, 1.165) is 37.7 Å². The summed E-state index contributed by atoms with van der Waals surface area (Å²) in [6, 6.07) is 19.2. The molecule has 1 aliphatic rings. The molecule has 1 saturated heterocycles. The second-order valence-corrected chi connectivity index (χ2v) is 8.32. The Hall–Kier alpha value is -3.48. The van der Waals surface area contributed by atoms with Gasteiger partial charge in [0.05, 0.1) is 5.69 Å². The van der Waals surface area contributed by atoms with Crippen molar-refractivity contribution in [2.45, 2.75) is 25.2 Å². The van der Waals surface area contributed by atoms with Gasteiger partial charge in [0.2, 0.25) is 0 Å². The number of benzene rings is 3. The van der Waals surface area contributed by atoms with Gasteiger partial charge in [-0.15, -0.1) is 5.10 Å². The molecule has 0 amide bonds. The third-order valence-corrected chi connectivity index (χ3v) is 6.40.